The number of ether oxygens (including phenoxy) is 1. The predicted molar refractivity (Wildman–Crippen MR) is 75.0 cm³/mol. The van der Waals surface area contributed by atoms with Crippen LogP contribution in [0.1, 0.15) is 37.1 Å². The number of carbonyl (C=O) groups excluding carboxylic acids is 1. The standard InChI is InChI=1S/C14H23N3O2/c1-9-7-16-11(10(2)13(9)19-5)8-17-14(3,4)6-12(15)18/h7,17H,6,8H2,1-5H3,(H2,15,18). The third-order valence-electron chi connectivity index (χ3n) is 3.10. The summed E-state index contributed by atoms with van der Waals surface area (Å²) in [5, 5.41) is 3.30. The van der Waals surface area contributed by atoms with Crippen LogP contribution in [0.3, 0.4) is 0 Å². The number of carbonyl (C=O) groups is 1. The van der Waals surface area contributed by atoms with Crippen LogP contribution < -0.4 is 15.8 Å². The fourth-order valence-electron chi connectivity index (χ4n) is 2.07. The number of aryl methyl sites for hydroxylation is 1. The zero-order valence-electron chi connectivity index (χ0n) is 12.3. The lowest BCUT2D eigenvalue weighted by Gasteiger charge is -2.25. The molecular formula is C14H23N3O2. The predicted octanol–water partition coefficient (Wildman–Crippen LogP) is 1.45. The Balaban J connectivity index is 2.81. The summed E-state index contributed by atoms with van der Waals surface area (Å²) in [6.45, 7) is 8.41. The molecule has 0 spiro atoms. The third-order valence-corrected chi connectivity index (χ3v) is 3.10. The Hall–Kier alpha value is -1.62. The van der Waals surface area contributed by atoms with Gasteiger partial charge in [-0.05, 0) is 27.7 Å². The first-order valence-electron chi connectivity index (χ1n) is 6.29. The molecule has 3 N–H and O–H groups in total. The third kappa shape index (κ3) is 4.21. The molecule has 0 aliphatic carbocycles. The van der Waals surface area contributed by atoms with Gasteiger partial charge in [0.1, 0.15) is 5.75 Å². The molecule has 0 aromatic carbocycles. The van der Waals surface area contributed by atoms with Crippen LogP contribution in [-0.4, -0.2) is 23.5 Å². The highest BCUT2D eigenvalue weighted by atomic mass is 16.5. The summed E-state index contributed by atoms with van der Waals surface area (Å²) in [6, 6.07) is 0. The van der Waals surface area contributed by atoms with Crippen LogP contribution in [0.25, 0.3) is 0 Å². The van der Waals surface area contributed by atoms with Crippen molar-refractivity contribution in [3.05, 3.63) is 23.0 Å². The molecule has 0 unspecified atom stereocenters. The number of nitrogens with one attached hydrogen (secondary N) is 1. The van der Waals surface area contributed by atoms with E-state index in [-0.39, 0.29) is 17.9 Å². The van der Waals surface area contributed by atoms with Crippen LogP contribution in [0.15, 0.2) is 6.20 Å². The number of nitrogens with zero attached hydrogens (tertiary/aromatic N) is 1. The number of hydrogen-bond acceptors (Lipinski definition) is 4. The van der Waals surface area contributed by atoms with Crippen molar-refractivity contribution in [2.45, 2.75) is 46.2 Å². The van der Waals surface area contributed by atoms with Crippen LogP contribution in [0, 0.1) is 13.8 Å². The van der Waals surface area contributed by atoms with E-state index in [1.807, 2.05) is 27.7 Å². The van der Waals surface area contributed by atoms with Crippen molar-refractivity contribution >= 4 is 5.91 Å². The Morgan fingerprint density at radius 1 is 1.47 bits per heavy atom. The summed E-state index contributed by atoms with van der Waals surface area (Å²) in [4.78, 5) is 15.4. The normalized spacial score (nSPS) is 11.4. The van der Waals surface area contributed by atoms with Crippen LogP contribution in [-0.2, 0) is 11.3 Å². The Morgan fingerprint density at radius 2 is 2.11 bits per heavy atom. The molecule has 0 radical (unpaired) electrons. The first kappa shape index (κ1) is 15.4. The molecule has 0 aliphatic rings. The minimum absolute atomic E-state index is 0.287. The average Bonchev–Trinajstić information content (AvgIpc) is 2.27. The summed E-state index contributed by atoms with van der Waals surface area (Å²) in [6.07, 6.45) is 2.08. The maximum absolute atomic E-state index is 11.0. The molecule has 1 aromatic rings. The second kappa shape index (κ2) is 6.02. The summed E-state index contributed by atoms with van der Waals surface area (Å²) >= 11 is 0. The molecule has 1 rings (SSSR count). The van der Waals surface area contributed by atoms with E-state index in [1.54, 1.807) is 13.3 Å². The minimum atomic E-state index is -0.349. The van der Waals surface area contributed by atoms with E-state index >= 15 is 0 Å². The van der Waals surface area contributed by atoms with Gasteiger partial charge in [-0.1, -0.05) is 0 Å². The van der Waals surface area contributed by atoms with Gasteiger partial charge in [-0.25, -0.2) is 0 Å². The van der Waals surface area contributed by atoms with E-state index in [0.717, 1.165) is 22.6 Å². The SMILES string of the molecule is COc1c(C)cnc(CNC(C)(C)CC(N)=O)c1C. The molecule has 0 aliphatic heterocycles. The molecule has 1 amide bonds. The maximum Gasteiger partial charge on any atom is 0.219 e. The Bertz CT molecular complexity index is 470. The molecule has 0 saturated heterocycles. The van der Waals surface area contributed by atoms with E-state index in [9.17, 15) is 4.79 Å². The Labute approximate surface area is 114 Å². The molecule has 106 valence electrons. The summed E-state index contributed by atoms with van der Waals surface area (Å²) < 4.78 is 5.37. The number of aromatic nitrogens is 1. The lowest BCUT2D eigenvalue weighted by atomic mass is 10.00. The van der Waals surface area contributed by atoms with Gasteiger partial charge in [0.25, 0.3) is 0 Å². The zero-order valence-corrected chi connectivity index (χ0v) is 12.3. The number of pyridine rings is 1. The molecule has 0 saturated carbocycles. The van der Waals surface area contributed by atoms with Gasteiger partial charge in [0.2, 0.25) is 5.91 Å². The highest BCUT2D eigenvalue weighted by Gasteiger charge is 2.20. The molecule has 0 bridgehead atoms. The summed E-state index contributed by atoms with van der Waals surface area (Å²) in [7, 11) is 1.66. The zero-order chi connectivity index (χ0) is 14.6. The molecule has 19 heavy (non-hydrogen) atoms. The average molecular weight is 265 g/mol. The van der Waals surface area contributed by atoms with Crippen molar-refractivity contribution in [2.24, 2.45) is 5.73 Å². The summed E-state index contributed by atoms with van der Waals surface area (Å²) in [5.41, 5.74) is 7.83. The van der Waals surface area contributed by atoms with Crippen LogP contribution in [0.2, 0.25) is 0 Å². The molecule has 1 aromatic heterocycles. The van der Waals surface area contributed by atoms with Gasteiger partial charge < -0.3 is 15.8 Å². The number of nitrogens with two attached hydrogens (primary N) is 1. The molecule has 5 nitrogen and oxygen atoms in total. The van der Waals surface area contributed by atoms with Crippen molar-refractivity contribution < 1.29 is 9.53 Å². The summed E-state index contributed by atoms with van der Waals surface area (Å²) in [5.74, 6) is 0.545. The monoisotopic (exact) mass is 265 g/mol. The van der Waals surface area contributed by atoms with Crippen LogP contribution >= 0.6 is 0 Å². The lowest BCUT2D eigenvalue weighted by molar-refractivity contribution is -0.119. The van der Waals surface area contributed by atoms with E-state index in [2.05, 4.69) is 10.3 Å². The number of amides is 1. The van der Waals surface area contributed by atoms with E-state index < -0.39 is 0 Å². The van der Waals surface area contributed by atoms with E-state index in [1.165, 1.54) is 0 Å². The number of methoxy groups -OCH3 is 1. The molecule has 0 fully saturated rings. The van der Waals surface area contributed by atoms with Gasteiger partial charge in [-0.15, -0.1) is 0 Å². The fraction of sp³-hybridized carbons (Fsp3) is 0.571. The van der Waals surface area contributed by atoms with E-state index in [0.29, 0.717) is 6.54 Å². The fourth-order valence-corrected chi connectivity index (χ4v) is 2.07. The van der Waals surface area contributed by atoms with E-state index in [4.69, 9.17) is 10.5 Å². The molecule has 5 heteroatoms. The molecular weight excluding hydrogens is 242 g/mol. The minimum Gasteiger partial charge on any atom is -0.496 e. The number of rotatable bonds is 6. The van der Waals surface area contributed by atoms with Crippen molar-refractivity contribution in [3.63, 3.8) is 0 Å². The molecule has 1 heterocycles. The van der Waals surface area contributed by atoms with Crippen molar-refractivity contribution in [3.8, 4) is 5.75 Å². The van der Waals surface area contributed by atoms with Gasteiger partial charge in [-0.3, -0.25) is 9.78 Å². The van der Waals surface area contributed by atoms with Gasteiger partial charge in [0.15, 0.2) is 0 Å². The number of hydrogen-bond donors (Lipinski definition) is 2. The quantitative estimate of drug-likeness (QED) is 0.816. The van der Waals surface area contributed by atoms with Crippen molar-refractivity contribution in [1.29, 1.82) is 0 Å². The van der Waals surface area contributed by atoms with Crippen LogP contribution in [0.5, 0.6) is 5.75 Å². The van der Waals surface area contributed by atoms with Crippen molar-refractivity contribution in [1.82, 2.24) is 10.3 Å². The van der Waals surface area contributed by atoms with Crippen LogP contribution in [0.4, 0.5) is 0 Å². The smallest absolute Gasteiger partial charge is 0.219 e. The second-order valence-corrected chi connectivity index (χ2v) is 5.43. The van der Waals surface area contributed by atoms with Gasteiger partial charge in [-0.2, -0.15) is 0 Å². The van der Waals surface area contributed by atoms with Gasteiger partial charge in [0, 0.05) is 35.8 Å². The second-order valence-electron chi connectivity index (χ2n) is 5.43. The largest absolute Gasteiger partial charge is 0.496 e. The Morgan fingerprint density at radius 3 is 2.63 bits per heavy atom. The highest BCUT2D eigenvalue weighted by molar-refractivity contribution is 5.75. The number of primary amides is 1. The van der Waals surface area contributed by atoms with Gasteiger partial charge in [0.05, 0.1) is 12.8 Å². The maximum atomic E-state index is 11.0. The lowest BCUT2D eigenvalue weighted by Crippen LogP contribution is -2.42. The first-order valence-corrected chi connectivity index (χ1v) is 6.29. The topological polar surface area (TPSA) is 77.2 Å². The highest BCUT2D eigenvalue weighted by Crippen LogP contribution is 2.24. The molecule has 0 atom stereocenters. The van der Waals surface area contributed by atoms with Gasteiger partial charge >= 0.3 is 0 Å². The van der Waals surface area contributed by atoms with Crippen molar-refractivity contribution in [2.75, 3.05) is 7.11 Å². The first-order chi connectivity index (χ1) is 8.76. The Kier molecular flexibility index (Phi) is 4.89.